The molecule has 8 aromatic carbocycles. The van der Waals surface area contributed by atoms with Crippen LogP contribution in [-0.4, -0.2) is 0 Å². The van der Waals surface area contributed by atoms with Gasteiger partial charge in [-0.2, -0.15) is 0 Å². The molecule has 8 aromatic rings. The fourth-order valence-electron chi connectivity index (χ4n) is 7.86. The van der Waals surface area contributed by atoms with Gasteiger partial charge < -0.3 is 0 Å². The standard InChI is InChI=1S/C48H30N2/c1-4-16-31(17-5-1)34-22-10-12-24-36(34)40-30-43-46(47-42(49-43)29-28-39-37-25-14-15-27-41(37)50-48(39)47)44(33-20-8-3-9-21-33)45(40)38-26-13-11-23-35(38)32-18-6-2-7-19-32/h1-30H. The molecule has 0 unspecified atom stereocenters. The van der Waals surface area contributed by atoms with Crippen LogP contribution in [0.25, 0.3) is 66.8 Å². The zero-order valence-corrected chi connectivity index (χ0v) is 27.2. The molecule has 0 radical (unpaired) electrons. The molecule has 232 valence electrons. The van der Waals surface area contributed by atoms with Gasteiger partial charge in [0.15, 0.2) is 0 Å². The number of hydrogen-bond acceptors (Lipinski definition) is 2. The van der Waals surface area contributed by atoms with E-state index in [1.807, 2.05) is 0 Å². The minimum absolute atomic E-state index is 0.961. The van der Waals surface area contributed by atoms with Crippen molar-refractivity contribution in [3.63, 3.8) is 0 Å². The lowest BCUT2D eigenvalue weighted by Gasteiger charge is -2.24. The second kappa shape index (κ2) is 11.5. The van der Waals surface area contributed by atoms with Crippen LogP contribution in [0.3, 0.4) is 0 Å². The molecular formula is C48H30N2. The fraction of sp³-hybridized carbons (Fsp3) is 0. The van der Waals surface area contributed by atoms with Crippen molar-refractivity contribution in [3.8, 4) is 66.8 Å². The van der Waals surface area contributed by atoms with Gasteiger partial charge in [0.25, 0.3) is 0 Å². The number of benzene rings is 8. The van der Waals surface area contributed by atoms with E-state index in [1.54, 1.807) is 0 Å². The van der Waals surface area contributed by atoms with E-state index >= 15 is 0 Å². The van der Waals surface area contributed by atoms with Gasteiger partial charge in [0.05, 0.1) is 22.1 Å². The zero-order valence-electron chi connectivity index (χ0n) is 27.2. The summed E-state index contributed by atoms with van der Waals surface area (Å²) in [5.74, 6) is 0. The van der Waals surface area contributed by atoms with Gasteiger partial charge in [0.1, 0.15) is 0 Å². The second-order valence-corrected chi connectivity index (χ2v) is 12.9. The maximum absolute atomic E-state index is 5.39. The predicted octanol–water partition coefficient (Wildman–Crippen LogP) is 11.5. The van der Waals surface area contributed by atoms with Crippen molar-refractivity contribution in [2.75, 3.05) is 0 Å². The van der Waals surface area contributed by atoms with Crippen molar-refractivity contribution >= 4 is 11.4 Å². The molecule has 0 spiro atoms. The summed E-state index contributed by atoms with van der Waals surface area (Å²) in [5, 5.41) is 4.30. The predicted molar refractivity (Wildman–Crippen MR) is 205 cm³/mol. The van der Waals surface area contributed by atoms with Crippen LogP contribution in [0.4, 0.5) is 11.4 Å². The average molecular weight is 635 g/mol. The maximum Gasteiger partial charge on any atom is 0.0817 e. The van der Waals surface area contributed by atoms with Crippen LogP contribution >= 0.6 is 0 Å². The molecule has 2 aliphatic heterocycles. The summed E-state index contributed by atoms with van der Waals surface area (Å²) in [5.41, 5.74) is 16.0. The van der Waals surface area contributed by atoms with Gasteiger partial charge in [-0.25, -0.2) is 9.98 Å². The van der Waals surface area contributed by atoms with Crippen molar-refractivity contribution in [2.45, 2.75) is 0 Å². The van der Waals surface area contributed by atoms with Crippen LogP contribution < -0.4 is 10.7 Å². The molecular weight excluding hydrogens is 605 g/mol. The van der Waals surface area contributed by atoms with Crippen molar-refractivity contribution in [1.82, 2.24) is 0 Å². The smallest absolute Gasteiger partial charge is 0.0817 e. The summed E-state index contributed by atoms with van der Waals surface area (Å²) in [6.45, 7) is 0. The lowest BCUT2D eigenvalue weighted by Crippen LogP contribution is -2.02. The topological polar surface area (TPSA) is 24.7 Å². The molecule has 0 amide bonds. The van der Waals surface area contributed by atoms with Crippen LogP contribution in [0.1, 0.15) is 0 Å². The molecule has 0 saturated heterocycles. The molecule has 2 heteroatoms. The van der Waals surface area contributed by atoms with Gasteiger partial charge >= 0.3 is 0 Å². The molecule has 0 saturated carbocycles. The molecule has 0 N–H and O–H groups in total. The molecule has 2 aliphatic rings. The third kappa shape index (κ3) is 4.43. The van der Waals surface area contributed by atoms with E-state index in [2.05, 4.69) is 182 Å². The Bertz CT molecular complexity index is 2840. The Kier molecular flexibility index (Phi) is 6.53. The van der Waals surface area contributed by atoms with Crippen LogP contribution in [0, 0.1) is 10.4 Å². The van der Waals surface area contributed by atoms with E-state index in [9.17, 15) is 0 Å². The molecule has 0 fully saturated rings. The van der Waals surface area contributed by atoms with E-state index in [1.165, 1.54) is 49.7 Å². The number of para-hydroxylation sites is 1. The van der Waals surface area contributed by atoms with Crippen molar-refractivity contribution in [1.29, 1.82) is 0 Å². The van der Waals surface area contributed by atoms with Crippen molar-refractivity contribution < 1.29 is 0 Å². The Morgan fingerprint density at radius 2 is 0.820 bits per heavy atom. The summed E-state index contributed by atoms with van der Waals surface area (Å²) in [6, 6.07) is 65.1. The highest BCUT2D eigenvalue weighted by Gasteiger charge is 2.30. The van der Waals surface area contributed by atoms with Crippen molar-refractivity contribution in [3.05, 3.63) is 203 Å². The lowest BCUT2D eigenvalue weighted by atomic mass is 9.79. The van der Waals surface area contributed by atoms with Crippen molar-refractivity contribution in [2.24, 2.45) is 9.98 Å². The number of hydrogen-bond donors (Lipinski definition) is 0. The quantitative estimate of drug-likeness (QED) is 0.180. The van der Waals surface area contributed by atoms with Gasteiger partial charge in [-0.05, 0) is 74.3 Å². The van der Waals surface area contributed by atoms with Gasteiger partial charge in [0, 0.05) is 27.1 Å². The highest BCUT2D eigenvalue weighted by molar-refractivity contribution is 6.11. The fourth-order valence-corrected chi connectivity index (χ4v) is 7.86. The first-order chi connectivity index (χ1) is 24.8. The summed E-state index contributed by atoms with van der Waals surface area (Å²) in [6.07, 6.45) is 0. The Hall–Kier alpha value is -6.64. The summed E-state index contributed by atoms with van der Waals surface area (Å²) in [7, 11) is 0. The van der Waals surface area contributed by atoms with Gasteiger partial charge in [-0.1, -0.05) is 158 Å². The average Bonchev–Trinajstić information content (AvgIpc) is 3.76. The zero-order chi connectivity index (χ0) is 33.0. The summed E-state index contributed by atoms with van der Waals surface area (Å²) < 4.78 is 0. The Labute approximate surface area is 290 Å². The van der Waals surface area contributed by atoms with Crippen LogP contribution in [0.15, 0.2) is 192 Å². The van der Waals surface area contributed by atoms with E-state index < -0.39 is 0 Å². The highest BCUT2D eigenvalue weighted by atomic mass is 14.8. The van der Waals surface area contributed by atoms with Gasteiger partial charge in [-0.3, -0.25) is 0 Å². The molecule has 2 nitrogen and oxygen atoms in total. The second-order valence-electron chi connectivity index (χ2n) is 12.9. The van der Waals surface area contributed by atoms with Crippen LogP contribution in [-0.2, 0) is 0 Å². The monoisotopic (exact) mass is 634 g/mol. The van der Waals surface area contributed by atoms with E-state index in [0.717, 1.165) is 49.6 Å². The third-order valence-corrected chi connectivity index (χ3v) is 10.0. The minimum Gasteiger partial charge on any atom is -0.248 e. The first-order valence-corrected chi connectivity index (χ1v) is 17.1. The van der Waals surface area contributed by atoms with E-state index in [4.69, 9.17) is 9.98 Å². The van der Waals surface area contributed by atoms with Gasteiger partial charge in [-0.15, -0.1) is 0 Å². The number of nitrogens with zero attached hydrogens (tertiary/aromatic N) is 2. The minimum atomic E-state index is 0.961. The van der Waals surface area contributed by atoms with E-state index in [-0.39, 0.29) is 0 Å². The third-order valence-electron chi connectivity index (χ3n) is 10.0. The molecule has 0 aromatic heterocycles. The van der Waals surface area contributed by atoms with Gasteiger partial charge in [0.2, 0.25) is 0 Å². The molecule has 10 rings (SSSR count). The van der Waals surface area contributed by atoms with E-state index in [0.29, 0.717) is 0 Å². The molecule has 50 heavy (non-hydrogen) atoms. The Morgan fingerprint density at radius 1 is 0.280 bits per heavy atom. The van der Waals surface area contributed by atoms with Crippen LogP contribution in [0.5, 0.6) is 0 Å². The SMILES string of the molecule is c1ccc(-c2ccccc2-c2cc3c(c(-c4ccccc4)c2-c2ccccc2-c2ccccc2)-c2c4c(ccc2=N3)=c2ccccc2=N4)cc1. The first kappa shape index (κ1) is 28.4. The number of fused-ring (bicyclic) bond motifs is 6. The Balaban J connectivity index is 1.39. The summed E-state index contributed by atoms with van der Waals surface area (Å²) in [4.78, 5) is 10.6. The molecule has 0 atom stereocenters. The largest absolute Gasteiger partial charge is 0.248 e. The van der Waals surface area contributed by atoms with Crippen LogP contribution in [0.2, 0.25) is 0 Å². The number of rotatable bonds is 5. The normalized spacial score (nSPS) is 11.9. The highest BCUT2D eigenvalue weighted by Crippen LogP contribution is 2.55. The Morgan fingerprint density at radius 3 is 1.50 bits per heavy atom. The molecule has 0 aliphatic carbocycles. The first-order valence-electron chi connectivity index (χ1n) is 17.1. The lowest BCUT2D eigenvalue weighted by molar-refractivity contribution is 1.36. The maximum atomic E-state index is 5.39. The summed E-state index contributed by atoms with van der Waals surface area (Å²) >= 11 is 0. The molecule has 2 heterocycles. The molecule has 0 bridgehead atoms.